The fourth-order valence-electron chi connectivity index (χ4n) is 2.43. The first-order valence-corrected chi connectivity index (χ1v) is 6.83. The van der Waals surface area contributed by atoms with E-state index in [-0.39, 0.29) is 6.10 Å². The largest absolute Gasteiger partial charge is 0.391 e. The van der Waals surface area contributed by atoms with Crippen molar-refractivity contribution < 1.29 is 5.11 Å². The lowest BCUT2D eigenvalue weighted by molar-refractivity contribution is 0.0291. The van der Waals surface area contributed by atoms with Gasteiger partial charge in [0, 0.05) is 17.5 Å². The van der Waals surface area contributed by atoms with Crippen LogP contribution in [0.3, 0.4) is 0 Å². The van der Waals surface area contributed by atoms with E-state index >= 15 is 0 Å². The molecule has 0 saturated heterocycles. The van der Waals surface area contributed by atoms with Gasteiger partial charge in [-0.2, -0.15) is 0 Å². The second-order valence-corrected chi connectivity index (χ2v) is 5.63. The molecule has 1 aromatic heterocycles. The Morgan fingerprint density at radius 1 is 1.50 bits per heavy atom. The molecule has 0 unspecified atom stereocenters. The van der Waals surface area contributed by atoms with Crippen LogP contribution in [0.4, 0.5) is 0 Å². The molecule has 4 heteroatoms. The van der Waals surface area contributed by atoms with E-state index in [2.05, 4.69) is 23.9 Å². The van der Waals surface area contributed by atoms with E-state index in [9.17, 15) is 5.11 Å². The quantitative estimate of drug-likeness (QED) is 0.880. The lowest BCUT2D eigenvalue weighted by Crippen LogP contribution is -2.42. The number of aromatic nitrogens is 1. The Labute approximate surface area is 101 Å². The summed E-state index contributed by atoms with van der Waals surface area (Å²) in [5, 5.41) is 9.98. The molecule has 0 aliphatic heterocycles. The molecule has 1 heterocycles. The molecule has 1 aliphatic carbocycles. The molecule has 0 amide bonds. The van der Waals surface area contributed by atoms with Gasteiger partial charge in [0.2, 0.25) is 0 Å². The monoisotopic (exact) mass is 240 g/mol. The van der Waals surface area contributed by atoms with Crippen LogP contribution in [0.5, 0.6) is 0 Å². The summed E-state index contributed by atoms with van der Waals surface area (Å²) in [5.41, 5.74) is 3.03. The Morgan fingerprint density at radius 3 is 2.88 bits per heavy atom. The molecule has 0 spiro atoms. The van der Waals surface area contributed by atoms with Gasteiger partial charge in [0.25, 0.3) is 0 Å². The summed E-state index contributed by atoms with van der Waals surface area (Å²) in [6.07, 6.45) is 4.34. The molecule has 0 aromatic carbocycles. The number of thiazole rings is 1. The minimum absolute atomic E-state index is 0.146. The third-order valence-electron chi connectivity index (χ3n) is 3.50. The van der Waals surface area contributed by atoms with Crippen molar-refractivity contribution in [3.63, 3.8) is 0 Å². The maximum Gasteiger partial charge on any atom is 0.0798 e. The van der Waals surface area contributed by atoms with E-state index in [1.165, 1.54) is 17.7 Å². The molecule has 1 aromatic rings. The van der Waals surface area contributed by atoms with Crippen molar-refractivity contribution in [3.8, 4) is 0 Å². The second kappa shape index (κ2) is 5.25. The molecule has 1 saturated carbocycles. The number of hydrogen-bond donors (Lipinski definition) is 1. The SMILES string of the molecule is Cc1ncsc1CN(C)[C@H]1CCCC[C@@H]1O. The molecule has 1 fully saturated rings. The van der Waals surface area contributed by atoms with Crippen molar-refractivity contribution >= 4 is 11.3 Å². The predicted molar refractivity (Wildman–Crippen MR) is 66.6 cm³/mol. The summed E-state index contributed by atoms with van der Waals surface area (Å²) >= 11 is 1.71. The average molecular weight is 240 g/mol. The Balaban J connectivity index is 1.96. The standard InChI is InChI=1S/C12H20N2OS/c1-9-12(16-8-13-9)7-14(2)10-5-3-4-6-11(10)15/h8,10-11,15H,3-7H2,1-2H3/t10-,11-/m0/s1. The fourth-order valence-corrected chi connectivity index (χ4v) is 3.27. The van der Waals surface area contributed by atoms with Crippen molar-refractivity contribution in [3.05, 3.63) is 16.1 Å². The molecular weight excluding hydrogens is 220 g/mol. The van der Waals surface area contributed by atoms with Crippen LogP contribution in [0.15, 0.2) is 5.51 Å². The summed E-state index contributed by atoms with van der Waals surface area (Å²) in [4.78, 5) is 7.86. The average Bonchev–Trinajstić information content (AvgIpc) is 2.65. The highest BCUT2D eigenvalue weighted by atomic mass is 32.1. The zero-order chi connectivity index (χ0) is 11.5. The molecule has 0 bridgehead atoms. The summed E-state index contributed by atoms with van der Waals surface area (Å²) in [7, 11) is 2.11. The molecule has 3 nitrogen and oxygen atoms in total. The lowest BCUT2D eigenvalue weighted by Gasteiger charge is -2.35. The minimum Gasteiger partial charge on any atom is -0.391 e. The van der Waals surface area contributed by atoms with Gasteiger partial charge in [0.15, 0.2) is 0 Å². The number of nitrogens with zero attached hydrogens (tertiary/aromatic N) is 2. The highest BCUT2D eigenvalue weighted by molar-refractivity contribution is 7.09. The Kier molecular flexibility index (Phi) is 3.95. The van der Waals surface area contributed by atoms with Gasteiger partial charge in [-0.15, -0.1) is 11.3 Å². The van der Waals surface area contributed by atoms with Crippen molar-refractivity contribution in [2.24, 2.45) is 0 Å². The van der Waals surface area contributed by atoms with E-state index in [0.717, 1.165) is 25.1 Å². The Hall–Kier alpha value is -0.450. The number of likely N-dealkylation sites (N-methyl/N-ethyl adjacent to an activating group) is 1. The van der Waals surface area contributed by atoms with Crippen molar-refractivity contribution in [2.75, 3.05) is 7.05 Å². The summed E-state index contributed by atoms with van der Waals surface area (Å²) in [5.74, 6) is 0. The maximum atomic E-state index is 9.98. The lowest BCUT2D eigenvalue weighted by atomic mass is 9.91. The van der Waals surface area contributed by atoms with Crippen LogP contribution in [-0.2, 0) is 6.54 Å². The van der Waals surface area contributed by atoms with Crippen LogP contribution < -0.4 is 0 Å². The molecule has 2 atom stereocenters. The number of aliphatic hydroxyl groups is 1. The number of rotatable bonds is 3. The fraction of sp³-hybridized carbons (Fsp3) is 0.750. The third kappa shape index (κ3) is 2.62. The van der Waals surface area contributed by atoms with Crippen molar-refractivity contribution in [2.45, 2.75) is 51.3 Å². The van der Waals surface area contributed by atoms with Gasteiger partial charge in [0.1, 0.15) is 0 Å². The van der Waals surface area contributed by atoms with Crippen LogP contribution >= 0.6 is 11.3 Å². The number of hydrogen-bond acceptors (Lipinski definition) is 4. The van der Waals surface area contributed by atoms with Gasteiger partial charge in [-0.05, 0) is 26.8 Å². The Bertz CT molecular complexity index is 340. The zero-order valence-corrected chi connectivity index (χ0v) is 10.8. The van der Waals surface area contributed by atoms with E-state index in [0.29, 0.717) is 6.04 Å². The summed E-state index contributed by atoms with van der Waals surface area (Å²) in [6.45, 7) is 2.97. The molecule has 90 valence electrons. The number of aryl methyl sites for hydroxylation is 1. The molecule has 16 heavy (non-hydrogen) atoms. The van der Waals surface area contributed by atoms with Gasteiger partial charge in [-0.25, -0.2) is 4.98 Å². The number of aliphatic hydroxyl groups excluding tert-OH is 1. The minimum atomic E-state index is -0.146. The molecule has 0 radical (unpaired) electrons. The Morgan fingerprint density at radius 2 is 2.25 bits per heavy atom. The van der Waals surface area contributed by atoms with Crippen LogP contribution in [0.1, 0.15) is 36.3 Å². The van der Waals surface area contributed by atoms with Gasteiger partial charge in [0.05, 0.1) is 17.3 Å². The first-order chi connectivity index (χ1) is 7.68. The molecule has 1 N–H and O–H groups in total. The van der Waals surface area contributed by atoms with Crippen molar-refractivity contribution in [1.82, 2.24) is 9.88 Å². The zero-order valence-electron chi connectivity index (χ0n) is 10.0. The van der Waals surface area contributed by atoms with Crippen LogP contribution in [0.25, 0.3) is 0 Å². The highest BCUT2D eigenvalue weighted by Crippen LogP contribution is 2.24. The van der Waals surface area contributed by atoms with Gasteiger partial charge >= 0.3 is 0 Å². The highest BCUT2D eigenvalue weighted by Gasteiger charge is 2.26. The van der Waals surface area contributed by atoms with Crippen LogP contribution in [0.2, 0.25) is 0 Å². The summed E-state index contributed by atoms with van der Waals surface area (Å²) < 4.78 is 0. The molecule has 2 rings (SSSR count). The van der Waals surface area contributed by atoms with Crippen molar-refractivity contribution in [1.29, 1.82) is 0 Å². The topological polar surface area (TPSA) is 36.4 Å². The van der Waals surface area contributed by atoms with E-state index in [1.54, 1.807) is 11.3 Å². The normalized spacial score (nSPS) is 26.2. The second-order valence-electron chi connectivity index (χ2n) is 4.70. The van der Waals surface area contributed by atoms with E-state index < -0.39 is 0 Å². The predicted octanol–water partition coefficient (Wildman–Crippen LogP) is 2.19. The summed E-state index contributed by atoms with van der Waals surface area (Å²) in [6, 6.07) is 0.329. The first-order valence-electron chi connectivity index (χ1n) is 5.95. The van der Waals surface area contributed by atoms with Gasteiger partial charge in [-0.1, -0.05) is 12.8 Å². The van der Waals surface area contributed by atoms with Gasteiger partial charge < -0.3 is 5.11 Å². The first kappa shape index (κ1) is 12.0. The van der Waals surface area contributed by atoms with Crippen LogP contribution in [0, 0.1) is 6.92 Å². The molecule has 1 aliphatic rings. The van der Waals surface area contributed by atoms with E-state index in [1.807, 2.05) is 5.51 Å². The maximum absolute atomic E-state index is 9.98. The van der Waals surface area contributed by atoms with Crippen LogP contribution in [-0.4, -0.2) is 34.2 Å². The van der Waals surface area contributed by atoms with Gasteiger partial charge in [-0.3, -0.25) is 4.90 Å². The smallest absolute Gasteiger partial charge is 0.0798 e. The molecular formula is C12H20N2OS. The third-order valence-corrected chi connectivity index (χ3v) is 4.42. The van der Waals surface area contributed by atoms with E-state index in [4.69, 9.17) is 0 Å².